The molecule has 0 aliphatic rings. The van der Waals surface area contributed by atoms with Crippen LogP contribution in [0.4, 0.5) is 0 Å². The maximum atomic E-state index is 13.0. The van der Waals surface area contributed by atoms with E-state index in [1.165, 1.54) is 17.0 Å². The molecule has 2 aromatic heterocycles. The summed E-state index contributed by atoms with van der Waals surface area (Å²) in [5, 5.41) is 11.7. The first-order valence-electron chi connectivity index (χ1n) is 9.68. The molecule has 0 fully saturated rings. The normalized spacial score (nSPS) is 11.2. The Bertz CT molecular complexity index is 1070. The molecule has 0 saturated carbocycles. The highest BCUT2D eigenvalue weighted by Gasteiger charge is 2.23. The highest BCUT2D eigenvalue weighted by molar-refractivity contribution is 6.15. The molecule has 0 bridgehead atoms. The Balaban J connectivity index is 1.86. The van der Waals surface area contributed by atoms with E-state index in [0.29, 0.717) is 30.2 Å². The van der Waals surface area contributed by atoms with Gasteiger partial charge in [-0.05, 0) is 36.4 Å². The predicted octanol–water partition coefficient (Wildman–Crippen LogP) is 2.90. The third-order valence-electron chi connectivity index (χ3n) is 4.28. The molecule has 160 valence electrons. The van der Waals surface area contributed by atoms with E-state index < -0.39 is 12.6 Å². The molecule has 1 amide bonds. The van der Waals surface area contributed by atoms with Crippen LogP contribution in [0, 0.1) is 0 Å². The second kappa shape index (κ2) is 10.1. The Morgan fingerprint density at radius 1 is 1.23 bits per heavy atom. The van der Waals surface area contributed by atoms with E-state index in [4.69, 9.17) is 9.15 Å². The lowest BCUT2D eigenvalue weighted by molar-refractivity contribution is -0.147. The fourth-order valence-corrected chi connectivity index (χ4v) is 2.83. The summed E-state index contributed by atoms with van der Waals surface area (Å²) in [7, 11) is 0. The molecule has 0 spiro atoms. The molecule has 0 aliphatic heterocycles. The van der Waals surface area contributed by atoms with E-state index >= 15 is 0 Å². The molecule has 0 atom stereocenters. The Hall–Kier alpha value is -4.01. The van der Waals surface area contributed by atoms with Crippen molar-refractivity contribution in [2.75, 3.05) is 19.7 Å². The van der Waals surface area contributed by atoms with Crippen molar-refractivity contribution in [1.29, 1.82) is 0 Å². The van der Waals surface area contributed by atoms with Gasteiger partial charge in [0.05, 0.1) is 6.26 Å². The Morgan fingerprint density at radius 3 is 2.65 bits per heavy atom. The van der Waals surface area contributed by atoms with Gasteiger partial charge in [-0.1, -0.05) is 42.5 Å². The lowest BCUT2D eigenvalue weighted by atomic mass is 10.2. The van der Waals surface area contributed by atoms with Gasteiger partial charge in [0.15, 0.2) is 18.1 Å². The average molecular weight is 421 g/mol. The van der Waals surface area contributed by atoms with Gasteiger partial charge in [-0.15, -0.1) is 5.10 Å². The van der Waals surface area contributed by atoms with Crippen LogP contribution in [0.25, 0.3) is 23.2 Å². The van der Waals surface area contributed by atoms with Gasteiger partial charge in [-0.3, -0.25) is 4.79 Å². The van der Waals surface area contributed by atoms with Crippen molar-refractivity contribution >= 4 is 23.6 Å². The second-order valence-corrected chi connectivity index (χ2v) is 6.77. The number of nitrogens with zero attached hydrogens (tertiary/aromatic N) is 5. The highest BCUT2D eigenvalue weighted by Crippen LogP contribution is 2.21. The minimum atomic E-state index is -0.763. The molecule has 31 heavy (non-hydrogen) atoms. The summed E-state index contributed by atoms with van der Waals surface area (Å²) in [6.45, 7) is 7.94. The molecule has 9 heteroatoms. The van der Waals surface area contributed by atoms with Crippen molar-refractivity contribution in [3.8, 4) is 11.4 Å². The third kappa shape index (κ3) is 5.53. The SMILES string of the molecule is C=C(C)CN(CC)C(=O)COC(=O)/C(=C/c1ccco1)n1nnnc1-c1ccccc1. The minimum Gasteiger partial charge on any atom is -0.465 e. The van der Waals surface area contributed by atoms with Crippen LogP contribution in [0.15, 0.2) is 65.3 Å². The predicted molar refractivity (Wildman–Crippen MR) is 114 cm³/mol. The Morgan fingerprint density at radius 2 is 2.00 bits per heavy atom. The number of amides is 1. The summed E-state index contributed by atoms with van der Waals surface area (Å²) < 4.78 is 11.9. The molecule has 1 aromatic carbocycles. The van der Waals surface area contributed by atoms with Crippen LogP contribution in [-0.2, 0) is 14.3 Å². The van der Waals surface area contributed by atoms with Crippen molar-refractivity contribution in [2.24, 2.45) is 0 Å². The number of esters is 1. The first-order chi connectivity index (χ1) is 15.0. The van der Waals surface area contributed by atoms with E-state index in [1.54, 1.807) is 17.0 Å². The maximum Gasteiger partial charge on any atom is 0.357 e. The number of rotatable bonds is 9. The fourth-order valence-electron chi connectivity index (χ4n) is 2.83. The van der Waals surface area contributed by atoms with Gasteiger partial charge in [0, 0.05) is 24.7 Å². The molecular weight excluding hydrogens is 398 g/mol. The molecule has 2 heterocycles. The zero-order chi connectivity index (χ0) is 22.2. The summed E-state index contributed by atoms with van der Waals surface area (Å²) >= 11 is 0. The van der Waals surface area contributed by atoms with Gasteiger partial charge in [-0.25, -0.2) is 4.79 Å². The van der Waals surface area contributed by atoms with Crippen molar-refractivity contribution in [3.63, 3.8) is 0 Å². The Labute approximate surface area is 179 Å². The number of aromatic nitrogens is 4. The number of furan rings is 1. The van der Waals surface area contributed by atoms with Gasteiger partial charge in [0.1, 0.15) is 5.76 Å². The highest BCUT2D eigenvalue weighted by atomic mass is 16.5. The van der Waals surface area contributed by atoms with Crippen molar-refractivity contribution < 1.29 is 18.7 Å². The third-order valence-corrected chi connectivity index (χ3v) is 4.28. The number of likely N-dealkylation sites (N-methyl/N-ethyl adjacent to an activating group) is 1. The number of carbonyl (C=O) groups excluding carboxylic acids is 2. The minimum absolute atomic E-state index is 0.00885. The number of ether oxygens (including phenoxy) is 1. The Kier molecular flexibility index (Phi) is 7.10. The molecule has 0 N–H and O–H groups in total. The quantitative estimate of drug-likeness (QED) is 0.297. The van der Waals surface area contributed by atoms with Gasteiger partial charge in [0.2, 0.25) is 0 Å². The summed E-state index contributed by atoms with van der Waals surface area (Å²) in [4.78, 5) is 27.0. The summed E-state index contributed by atoms with van der Waals surface area (Å²) in [6.07, 6.45) is 2.94. The topological polar surface area (TPSA) is 103 Å². The average Bonchev–Trinajstić information content (AvgIpc) is 3.46. The molecule has 0 saturated heterocycles. The first-order valence-corrected chi connectivity index (χ1v) is 9.68. The molecule has 3 rings (SSSR count). The van der Waals surface area contributed by atoms with E-state index in [-0.39, 0.29) is 11.6 Å². The summed E-state index contributed by atoms with van der Waals surface area (Å²) in [6, 6.07) is 12.5. The van der Waals surface area contributed by atoms with Crippen LogP contribution in [0.2, 0.25) is 0 Å². The van der Waals surface area contributed by atoms with Gasteiger partial charge in [-0.2, -0.15) is 4.68 Å². The van der Waals surface area contributed by atoms with Crippen LogP contribution in [0.1, 0.15) is 19.6 Å². The number of tetrazole rings is 1. The fraction of sp³-hybridized carbons (Fsp3) is 0.227. The van der Waals surface area contributed by atoms with Crippen LogP contribution >= 0.6 is 0 Å². The van der Waals surface area contributed by atoms with Crippen molar-refractivity contribution in [2.45, 2.75) is 13.8 Å². The second-order valence-electron chi connectivity index (χ2n) is 6.77. The molecule has 9 nitrogen and oxygen atoms in total. The van der Waals surface area contributed by atoms with E-state index in [1.807, 2.05) is 44.2 Å². The number of benzene rings is 1. The number of carbonyl (C=O) groups is 2. The molecule has 0 aliphatic carbocycles. The van der Waals surface area contributed by atoms with Gasteiger partial charge in [0.25, 0.3) is 5.91 Å². The molecule has 0 unspecified atom stereocenters. The van der Waals surface area contributed by atoms with Crippen LogP contribution in [0.5, 0.6) is 0 Å². The lowest BCUT2D eigenvalue weighted by Crippen LogP contribution is -2.35. The number of hydrogen-bond donors (Lipinski definition) is 0. The zero-order valence-electron chi connectivity index (χ0n) is 17.4. The first kappa shape index (κ1) is 21.7. The van der Waals surface area contributed by atoms with Crippen molar-refractivity contribution in [1.82, 2.24) is 25.1 Å². The standard InChI is InChI=1S/C22H23N5O4/c1-4-26(14-16(2)3)20(28)15-31-22(29)19(13-18-11-8-12-30-18)27-21(23-24-25-27)17-9-6-5-7-10-17/h5-13H,2,4,14-15H2,1,3H3/b19-13-. The van der Waals surface area contributed by atoms with Crippen LogP contribution in [0.3, 0.4) is 0 Å². The molecular formula is C22H23N5O4. The maximum absolute atomic E-state index is 13.0. The van der Waals surface area contributed by atoms with Crippen LogP contribution < -0.4 is 0 Å². The summed E-state index contributed by atoms with van der Waals surface area (Å²) in [5.74, 6) is -0.332. The van der Waals surface area contributed by atoms with E-state index in [2.05, 4.69) is 22.1 Å². The van der Waals surface area contributed by atoms with Gasteiger partial charge >= 0.3 is 5.97 Å². The van der Waals surface area contributed by atoms with Crippen LogP contribution in [-0.4, -0.2) is 56.7 Å². The number of hydrogen-bond acceptors (Lipinski definition) is 7. The van der Waals surface area contributed by atoms with E-state index in [0.717, 1.165) is 5.57 Å². The van der Waals surface area contributed by atoms with Crippen molar-refractivity contribution in [3.05, 3.63) is 66.6 Å². The lowest BCUT2D eigenvalue weighted by Gasteiger charge is -2.20. The summed E-state index contributed by atoms with van der Waals surface area (Å²) in [5.41, 5.74) is 1.55. The largest absolute Gasteiger partial charge is 0.465 e. The monoisotopic (exact) mass is 421 g/mol. The smallest absolute Gasteiger partial charge is 0.357 e. The molecule has 3 aromatic rings. The zero-order valence-corrected chi connectivity index (χ0v) is 17.4. The van der Waals surface area contributed by atoms with E-state index in [9.17, 15) is 9.59 Å². The molecule has 0 radical (unpaired) electrons. The van der Waals surface area contributed by atoms with Gasteiger partial charge < -0.3 is 14.1 Å².